The zero-order chi connectivity index (χ0) is 17.3. The molecule has 0 aliphatic carbocycles. The average molecular weight is 352 g/mol. The number of nitrogens with one attached hydrogen (secondary N) is 1. The summed E-state index contributed by atoms with van der Waals surface area (Å²) in [5.74, 6) is -1.04. The van der Waals surface area contributed by atoms with Gasteiger partial charge in [-0.15, -0.1) is 11.3 Å². The van der Waals surface area contributed by atoms with Crippen LogP contribution in [0.1, 0.15) is 11.3 Å². The van der Waals surface area contributed by atoms with E-state index in [0.717, 1.165) is 12.1 Å². The van der Waals surface area contributed by atoms with Crippen molar-refractivity contribution < 1.29 is 23.1 Å². The molecule has 1 aliphatic heterocycles. The van der Waals surface area contributed by atoms with Crippen molar-refractivity contribution in [3.05, 3.63) is 58.8 Å². The second-order valence-corrected chi connectivity index (χ2v) is 5.93. The second-order valence-electron chi connectivity index (χ2n) is 5.07. The molecule has 1 aromatic carbocycles. The van der Waals surface area contributed by atoms with E-state index in [0.29, 0.717) is 28.4 Å². The van der Waals surface area contributed by atoms with Gasteiger partial charge in [0.25, 0.3) is 0 Å². The highest BCUT2D eigenvalue weighted by Gasteiger charge is 2.30. The van der Waals surface area contributed by atoms with Gasteiger partial charge in [0.2, 0.25) is 0 Å². The molecule has 0 fully saturated rings. The molecule has 4 nitrogen and oxygen atoms in total. The van der Waals surface area contributed by atoms with Gasteiger partial charge in [0, 0.05) is 23.7 Å². The smallest absolute Gasteiger partial charge is 0.416 e. The normalized spacial score (nSPS) is 14.6. The number of aromatic nitrogens is 1. The van der Waals surface area contributed by atoms with Crippen LogP contribution in [0.3, 0.4) is 0 Å². The Kier molecular flexibility index (Phi) is 4.15. The van der Waals surface area contributed by atoms with E-state index in [1.54, 1.807) is 5.38 Å². The van der Waals surface area contributed by atoms with E-state index in [1.165, 1.54) is 35.7 Å². The number of nitrogens with zero attached hydrogens (tertiary/aromatic N) is 1. The summed E-state index contributed by atoms with van der Waals surface area (Å²) in [5.41, 5.74) is 1.31. The van der Waals surface area contributed by atoms with Crippen molar-refractivity contribution in [3.63, 3.8) is 0 Å². The molecule has 3 rings (SSSR count). The minimum atomic E-state index is -4.37. The maximum Gasteiger partial charge on any atom is 0.416 e. The topological polar surface area (TPSA) is 62.2 Å². The predicted octanol–water partition coefficient (Wildman–Crippen LogP) is 3.78. The molecule has 2 heterocycles. The summed E-state index contributed by atoms with van der Waals surface area (Å²) in [6, 6.07) is 4.79. The SMILES string of the molecule is O=C(O)C1=CNCC(c2csc(-c3ccc(C(F)(F)F)cc3)n2)=C1. The molecule has 0 amide bonds. The van der Waals surface area contributed by atoms with E-state index in [9.17, 15) is 18.0 Å². The van der Waals surface area contributed by atoms with E-state index >= 15 is 0 Å². The lowest BCUT2D eigenvalue weighted by atomic mass is 10.1. The summed E-state index contributed by atoms with van der Waals surface area (Å²) in [6.07, 6.45) is -1.43. The quantitative estimate of drug-likeness (QED) is 0.882. The number of carboxylic acid groups (broad SMARTS) is 1. The number of thiazole rings is 1. The Hall–Kier alpha value is -2.61. The van der Waals surface area contributed by atoms with Crippen LogP contribution in [0.4, 0.5) is 13.2 Å². The molecule has 8 heteroatoms. The highest BCUT2D eigenvalue weighted by atomic mass is 32.1. The van der Waals surface area contributed by atoms with Crippen LogP contribution in [0, 0.1) is 0 Å². The summed E-state index contributed by atoms with van der Waals surface area (Å²) in [5, 5.41) is 14.2. The Morgan fingerprint density at radius 3 is 2.58 bits per heavy atom. The second kappa shape index (κ2) is 6.12. The van der Waals surface area contributed by atoms with Crippen LogP contribution < -0.4 is 5.32 Å². The number of hydrogen-bond donors (Lipinski definition) is 2. The summed E-state index contributed by atoms with van der Waals surface area (Å²) in [6.45, 7) is 0.437. The van der Waals surface area contributed by atoms with Crippen LogP contribution >= 0.6 is 11.3 Å². The zero-order valence-electron chi connectivity index (χ0n) is 12.1. The first-order valence-corrected chi connectivity index (χ1v) is 7.73. The van der Waals surface area contributed by atoms with Gasteiger partial charge in [-0.05, 0) is 23.8 Å². The van der Waals surface area contributed by atoms with Gasteiger partial charge >= 0.3 is 12.1 Å². The van der Waals surface area contributed by atoms with Gasteiger partial charge in [-0.1, -0.05) is 12.1 Å². The van der Waals surface area contributed by atoms with Crippen molar-refractivity contribution in [3.8, 4) is 10.6 Å². The minimum Gasteiger partial charge on any atom is -0.478 e. The van der Waals surface area contributed by atoms with Crippen LogP contribution in [-0.2, 0) is 11.0 Å². The molecule has 0 unspecified atom stereocenters. The summed E-state index contributed by atoms with van der Waals surface area (Å²) < 4.78 is 37.8. The average Bonchev–Trinajstić information content (AvgIpc) is 3.04. The largest absolute Gasteiger partial charge is 0.478 e. The van der Waals surface area contributed by atoms with Crippen molar-refractivity contribution in [1.82, 2.24) is 10.3 Å². The number of hydrogen-bond acceptors (Lipinski definition) is 4. The third-order valence-electron chi connectivity index (χ3n) is 3.42. The highest BCUT2D eigenvalue weighted by Crippen LogP contribution is 2.32. The Balaban J connectivity index is 1.86. The number of aliphatic carboxylic acids is 1. The molecule has 1 aromatic heterocycles. The fraction of sp³-hybridized carbons (Fsp3) is 0.125. The van der Waals surface area contributed by atoms with Gasteiger partial charge in [-0.2, -0.15) is 13.2 Å². The number of benzene rings is 1. The van der Waals surface area contributed by atoms with Crippen molar-refractivity contribution >= 4 is 22.9 Å². The molecule has 2 N–H and O–H groups in total. The Labute approximate surface area is 139 Å². The molecule has 0 saturated carbocycles. The number of halogens is 3. The van der Waals surface area contributed by atoms with Gasteiger partial charge in [-0.25, -0.2) is 9.78 Å². The number of alkyl halides is 3. The minimum absolute atomic E-state index is 0.125. The Morgan fingerprint density at radius 2 is 1.96 bits per heavy atom. The summed E-state index contributed by atoms with van der Waals surface area (Å²) >= 11 is 1.29. The van der Waals surface area contributed by atoms with Crippen LogP contribution in [0.2, 0.25) is 0 Å². The highest BCUT2D eigenvalue weighted by molar-refractivity contribution is 7.13. The molecule has 0 spiro atoms. The molecule has 0 atom stereocenters. The molecule has 124 valence electrons. The lowest BCUT2D eigenvalue weighted by Crippen LogP contribution is -2.17. The maximum atomic E-state index is 12.6. The number of rotatable bonds is 3. The molecule has 0 bridgehead atoms. The van der Waals surface area contributed by atoms with E-state index in [-0.39, 0.29) is 5.57 Å². The predicted molar refractivity (Wildman–Crippen MR) is 84.3 cm³/mol. The van der Waals surface area contributed by atoms with Crippen LogP contribution in [0.5, 0.6) is 0 Å². The summed E-state index contributed by atoms with van der Waals surface area (Å²) in [4.78, 5) is 15.4. The molecule has 1 aliphatic rings. The first-order valence-electron chi connectivity index (χ1n) is 6.85. The van der Waals surface area contributed by atoms with Crippen molar-refractivity contribution in [2.75, 3.05) is 6.54 Å². The Morgan fingerprint density at radius 1 is 1.25 bits per heavy atom. The molecule has 2 aromatic rings. The van der Waals surface area contributed by atoms with Gasteiger partial charge < -0.3 is 10.4 Å². The Bertz CT molecular complexity index is 836. The monoisotopic (exact) mass is 352 g/mol. The van der Waals surface area contributed by atoms with Gasteiger partial charge in [0.1, 0.15) is 5.01 Å². The van der Waals surface area contributed by atoms with Gasteiger partial charge in [0.05, 0.1) is 16.8 Å². The van der Waals surface area contributed by atoms with Gasteiger partial charge in [0.15, 0.2) is 0 Å². The lowest BCUT2D eigenvalue weighted by molar-refractivity contribution is -0.137. The third kappa shape index (κ3) is 3.33. The molecule has 0 radical (unpaired) electrons. The number of carbonyl (C=O) groups is 1. The first-order chi connectivity index (χ1) is 11.3. The van der Waals surface area contributed by atoms with Crippen LogP contribution in [0.15, 0.2) is 47.5 Å². The van der Waals surface area contributed by atoms with E-state index < -0.39 is 17.7 Å². The van der Waals surface area contributed by atoms with E-state index in [4.69, 9.17) is 5.11 Å². The van der Waals surface area contributed by atoms with E-state index in [1.807, 2.05) is 0 Å². The molecular formula is C16H11F3N2O2S. The fourth-order valence-electron chi connectivity index (χ4n) is 2.19. The zero-order valence-corrected chi connectivity index (χ0v) is 12.9. The van der Waals surface area contributed by atoms with Crippen molar-refractivity contribution in [1.29, 1.82) is 0 Å². The first kappa shape index (κ1) is 16.3. The van der Waals surface area contributed by atoms with Crippen molar-refractivity contribution in [2.45, 2.75) is 6.18 Å². The molecule has 0 saturated heterocycles. The number of dihydropyridines is 1. The summed E-state index contributed by atoms with van der Waals surface area (Å²) in [7, 11) is 0. The van der Waals surface area contributed by atoms with Gasteiger partial charge in [-0.3, -0.25) is 0 Å². The lowest BCUT2D eigenvalue weighted by Gasteiger charge is -2.11. The maximum absolute atomic E-state index is 12.6. The number of carboxylic acids is 1. The van der Waals surface area contributed by atoms with Crippen LogP contribution in [0.25, 0.3) is 16.1 Å². The van der Waals surface area contributed by atoms with E-state index in [2.05, 4.69) is 10.3 Å². The van der Waals surface area contributed by atoms with Crippen molar-refractivity contribution in [2.24, 2.45) is 0 Å². The fourth-order valence-corrected chi connectivity index (χ4v) is 3.05. The standard InChI is InChI=1S/C16H11F3N2O2S/c17-16(18,19)12-3-1-9(2-4-12)14-21-13(8-24-14)10-5-11(15(22)23)7-20-6-10/h1-5,7-8,20H,6H2,(H,22,23). The third-order valence-corrected chi connectivity index (χ3v) is 4.31. The molecule has 24 heavy (non-hydrogen) atoms. The molecular weight excluding hydrogens is 341 g/mol. The van der Waals surface area contributed by atoms with Crippen LogP contribution in [-0.4, -0.2) is 22.6 Å².